The largest absolute Gasteiger partial charge is 0.480 e. The molecule has 0 aliphatic heterocycles. The molecule has 1 aromatic rings. The zero-order valence-electron chi connectivity index (χ0n) is 9.98. The van der Waals surface area contributed by atoms with Gasteiger partial charge < -0.3 is 10.4 Å². The van der Waals surface area contributed by atoms with Gasteiger partial charge in [-0.2, -0.15) is 0 Å². The van der Waals surface area contributed by atoms with Gasteiger partial charge in [0.2, 0.25) is 5.95 Å². The van der Waals surface area contributed by atoms with Crippen LogP contribution in [0.1, 0.15) is 38.1 Å². The fourth-order valence-corrected chi connectivity index (χ4v) is 1.21. The number of carbonyl (C=O) groups is 1. The van der Waals surface area contributed by atoms with Gasteiger partial charge in [-0.3, -0.25) is 4.79 Å². The lowest BCUT2D eigenvalue weighted by Crippen LogP contribution is -2.26. The van der Waals surface area contributed by atoms with Crippen molar-refractivity contribution in [2.75, 3.05) is 5.32 Å². The van der Waals surface area contributed by atoms with Gasteiger partial charge in [-0.15, -0.1) is 0 Å². The Morgan fingerprint density at radius 2 is 2.00 bits per heavy atom. The average Bonchev–Trinajstić information content (AvgIpc) is 2.16. The highest BCUT2D eigenvalue weighted by molar-refractivity contribution is 5.75. The number of nitrogens with one attached hydrogen (secondary N) is 1. The monoisotopic (exact) mass is 223 g/mol. The first-order valence-electron chi connectivity index (χ1n) is 5.25. The van der Waals surface area contributed by atoms with Gasteiger partial charge in [0.1, 0.15) is 6.04 Å². The Labute approximate surface area is 94.9 Å². The van der Waals surface area contributed by atoms with E-state index < -0.39 is 12.0 Å². The molecule has 0 aliphatic carbocycles. The minimum absolute atomic E-state index is 0.294. The van der Waals surface area contributed by atoms with Crippen molar-refractivity contribution in [3.8, 4) is 0 Å². The number of aromatic nitrogens is 2. The molecule has 0 saturated carbocycles. The predicted octanol–water partition coefficient (Wildman–Crippen LogP) is 1.79. The normalized spacial score (nSPS) is 12.6. The van der Waals surface area contributed by atoms with Gasteiger partial charge in [0.15, 0.2) is 0 Å². The summed E-state index contributed by atoms with van der Waals surface area (Å²) < 4.78 is 0. The summed E-state index contributed by atoms with van der Waals surface area (Å²) in [7, 11) is 0. The number of anilines is 1. The molecule has 0 amide bonds. The average molecular weight is 223 g/mol. The van der Waals surface area contributed by atoms with Crippen molar-refractivity contribution in [3.63, 3.8) is 0 Å². The van der Waals surface area contributed by atoms with Crippen LogP contribution in [0.15, 0.2) is 6.07 Å². The molecule has 1 aromatic heterocycles. The highest BCUT2D eigenvalue weighted by Gasteiger charge is 2.13. The summed E-state index contributed by atoms with van der Waals surface area (Å²) in [6.45, 7) is 7.49. The van der Waals surface area contributed by atoms with Crippen molar-refractivity contribution >= 4 is 11.9 Å². The van der Waals surface area contributed by atoms with Crippen molar-refractivity contribution < 1.29 is 9.90 Å². The number of aliphatic carboxylic acids is 1. The van der Waals surface area contributed by atoms with E-state index in [4.69, 9.17) is 5.11 Å². The number of carboxylic acid groups (broad SMARTS) is 1. The molecule has 0 saturated heterocycles. The Kier molecular flexibility index (Phi) is 3.82. The summed E-state index contributed by atoms with van der Waals surface area (Å²) in [5.41, 5.74) is 1.74. The van der Waals surface area contributed by atoms with E-state index in [9.17, 15) is 4.79 Å². The molecule has 0 fully saturated rings. The summed E-state index contributed by atoms with van der Waals surface area (Å²) in [6.07, 6.45) is 0. The fraction of sp³-hybridized carbons (Fsp3) is 0.545. The van der Waals surface area contributed by atoms with Crippen LogP contribution in [0, 0.1) is 6.92 Å². The van der Waals surface area contributed by atoms with Gasteiger partial charge in [-0.25, -0.2) is 9.97 Å². The molecule has 1 unspecified atom stereocenters. The molecule has 1 atom stereocenters. The van der Waals surface area contributed by atoms with E-state index in [0.717, 1.165) is 11.4 Å². The number of hydrogen-bond donors (Lipinski definition) is 2. The highest BCUT2D eigenvalue weighted by atomic mass is 16.4. The zero-order valence-corrected chi connectivity index (χ0v) is 9.98. The lowest BCUT2D eigenvalue weighted by atomic mass is 10.1. The predicted molar refractivity (Wildman–Crippen MR) is 61.6 cm³/mol. The topological polar surface area (TPSA) is 75.1 Å². The van der Waals surface area contributed by atoms with E-state index in [1.165, 1.54) is 0 Å². The lowest BCUT2D eigenvalue weighted by Gasteiger charge is -2.12. The molecule has 0 radical (unpaired) electrons. The first kappa shape index (κ1) is 12.4. The molecule has 0 aromatic carbocycles. The number of carboxylic acids is 1. The molecule has 0 aliphatic rings. The lowest BCUT2D eigenvalue weighted by molar-refractivity contribution is -0.137. The van der Waals surface area contributed by atoms with Gasteiger partial charge in [-0.05, 0) is 25.8 Å². The van der Waals surface area contributed by atoms with Crippen LogP contribution < -0.4 is 5.32 Å². The second-order valence-electron chi connectivity index (χ2n) is 4.12. The standard InChI is InChI=1S/C11H17N3O2/c1-6(2)9-5-7(3)12-11(14-9)13-8(4)10(15)16/h5-6,8H,1-4H3,(H,15,16)(H,12,13,14). The number of rotatable bonds is 4. The van der Waals surface area contributed by atoms with Crippen molar-refractivity contribution in [3.05, 3.63) is 17.5 Å². The van der Waals surface area contributed by atoms with Crippen LogP contribution in [0.3, 0.4) is 0 Å². The molecule has 0 spiro atoms. The van der Waals surface area contributed by atoms with Crippen LogP contribution >= 0.6 is 0 Å². The Bertz CT molecular complexity index is 391. The molecule has 16 heavy (non-hydrogen) atoms. The van der Waals surface area contributed by atoms with E-state index in [-0.39, 0.29) is 0 Å². The third kappa shape index (κ3) is 3.18. The maximum absolute atomic E-state index is 10.7. The van der Waals surface area contributed by atoms with Gasteiger partial charge in [-0.1, -0.05) is 13.8 Å². The minimum Gasteiger partial charge on any atom is -0.480 e. The SMILES string of the molecule is Cc1cc(C(C)C)nc(NC(C)C(=O)O)n1. The number of nitrogens with zero attached hydrogens (tertiary/aromatic N) is 2. The number of hydrogen-bond acceptors (Lipinski definition) is 4. The van der Waals surface area contributed by atoms with Crippen LogP contribution in [0.4, 0.5) is 5.95 Å². The third-order valence-corrected chi connectivity index (χ3v) is 2.18. The molecule has 1 rings (SSSR count). The fourth-order valence-electron chi connectivity index (χ4n) is 1.21. The van der Waals surface area contributed by atoms with Crippen LogP contribution in [0.5, 0.6) is 0 Å². The Morgan fingerprint density at radius 3 is 2.50 bits per heavy atom. The molecule has 1 heterocycles. The molecule has 2 N–H and O–H groups in total. The zero-order chi connectivity index (χ0) is 12.3. The van der Waals surface area contributed by atoms with E-state index in [1.54, 1.807) is 6.92 Å². The highest BCUT2D eigenvalue weighted by Crippen LogP contribution is 2.14. The first-order valence-corrected chi connectivity index (χ1v) is 5.25. The van der Waals surface area contributed by atoms with Crippen LogP contribution in [0.25, 0.3) is 0 Å². The number of aryl methyl sites for hydroxylation is 1. The maximum atomic E-state index is 10.7. The second kappa shape index (κ2) is 4.92. The van der Waals surface area contributed by atoms with Crippen LogP contribution in [-0.4, -0.2) is 27.1 Å². The van der Waals surface area contributed by atoms with E-state index in [0.29, 0.717) is 11.9 Å². The quantitative estimate of drug-likeness (QED) is 0.814. The Hall–Kier alpha value is -1.65. The van der Waals surface area contributed by atoms with Crippen molar-refractivity contribution in [1.82, 2.24) is 9.97 Å². The van der Waals surface area contributed by atoms with Gasteiger partial charge in [0.05, 0.1) is 0 Å². The van der Waals surface area contributed by atoms with Crippen molar-refractivity contribution in [2.24, 2.45) is 0 Å². The van der Waals surface area contributed by atoms with Gasteiger partial charge in [0.25, 0.3) is 0 Å². The summed E-state index contributed by atoms with van der Waals surface area (Å²) in [6, 6.07) is 1.21. The van der Waals surface area contributed by atoms with Crippen LogP contribution in [-0.2, 0) is 4.79 Å². The summed E-state index contributed by atoms with van der Waals surface area (Å²) in [5.74, 6) is -0.253. The van der Waals surface area contributed by atoms with Gasteiger partial charge in [0, 0.05) is 11.4 Å². The van der Waals surface area contributed by atoms with E-state index in [2.05, 4.69) is 15.3 Å². The van der Waals surface area contributed by atoms with E-state index >= 15 is 0 Å². The van der Waals surface area contributed by atoms with E-state index in [1.807, 2.05) is 26.8 Å². The molecular formula is C11H17N3O2. The Morgan fingerprint density at radius 1 is 1.38 bits per heavy atom. The molecule has 5 nitrogen and oxygen atoms in total. The second-order valence-corrected chi connectivity index (χ2v) is 4.12. The molecule has 88 valence electrons. The minimum atomic E-state index is -0.920. The third-order valence-electron chi connectivity index (χ3n) is 2.18. The summed E-state index contributed by atoms with van der Waals surface area (Å²) in [4.78, 5) is 19.1. The van der Waals surface area contributed by atoms with Crippen molar-refractivity contribution in [1.29, 1.82) is 0 Å². The maximum Gasteiger partial charge on any atom is 0.325 e. The smallest absolute Gasteiger partial charge is 0.325 e. The summed E-state index contributed by atoms with van der Waals surface area (Å²) >= 11 is 0. The molecule has 5 heteroatoms. The van der Waals surface area contributed by atoms with Crippen LogP contribution in [0.2, 0.25) is 0 Å². The summed E-state index contributed by atoms with van der Waals surface area (Å²) in [5, 5.41) is 11.5. The molecule has 0 bridgehead atoms. The molecular weight excluding hydrogens is 206 g/mol. The Balaban J connectivity index is 2.92. The first-order chi connectivity index (χ1) is 7.40. The van der Waals surface area contributed by atoms with Crippen molar-refractivity contribution in [2.45, 2.75) is 39.7 Å². The van der Waals surface area contributed by atoms with Gasteiger partial charge >= 0.3 is 5.97 Å².